The molecule has 0 heterocycles. The highest BCUT2D eigenvalue weighted by Gasteiger charge is 2.45. The molecule has 0 fully saturated rings. The lowest BCUT2D eigenvalue weighted by Crippen LogP contribution is -2.38. The Morgan fingerprint density at radius 1 is 0.778 bits per heavy atom. The van der Waals surface area contributed by atoms with Crippen LogP contribution in [0.1, 0.15) is 37.8 Å². The quantitative estimate of drug-likeness (QED) is 0.824. The normalized spacial score (nSPS) is 16.0. The Hall–Kier alpha value is -2.62. The van der Waals surface area contributed by atoms with Gasteiger partial charge in [-0.2, -0.15) is 0 Å². The maximum Gasteiger partial charge on any atom is 0.222 e. The van der Waals surface area contributed by atoms with Gasteiger partial charge in [0.25, 0.3) is 0 Å². The maximum atomic E-state index is 12.4. The van der Waals surface area contributed by atoms with Gasteiger partial charge < -0.3 is 10.6 Å². The minimum atomic E-state index is -0.356. The predicted octanol–water partition coefficient (Wildman–Crippen LogP) is 3.50. The van der Waals surface area contributed by atoms with Crippen LogP contribution in [0.25, 0.3) is 11.1 Å². The van der Waals surface area contributed by atoms with Crippen molar-refractivity contribution < 1.29 is 9.59 Å². The second kappa shape index (κ2) is 7.55. The third-order valence-corrected chi connectivity index (χ3v) is 5.87. The molecule has 0 aromatic heterocycles. The summed E-state index contributed by atoms with van der Waals surface area (Å²) in [5.41, 5.74) is 4.50. The topological polar surface area (TPSA) is 58.2 Å². The molecule has 4 nitrogen and oxygen atoms in total. The van der Waals surface area contributed by atoms with Gasteiger partial charge in [-0.1, -0.05) is 62.4 Å². The van der Waals surface area contributed by atoms with Gasteiger partial charge in [-0.25, -0.2) is 0 Å². The second-order valence-corrected chi connectivity index (χ2v) is 7.61. The molecule has 2 amide bonds. The Balaban J connectivity index is 2.17. The lowest BCUT2D eigenvalue weighted by atomic mass is 9.67. The standard InChI is InChI=1S/C23H28N2O2/c1-15(21(26)24-3)13-23(14-16(2)22(27)25-4)19-11-7-5-9-17(19)18-10-6-8-12-20(18)23/h5-12,15-16H,13-14H2,1-4H3,(H,24,26)(H,25,27). The minimum absolute atomic E-state index is 0.0313. The van der Waals surface area contributed by atoms with Gasteiger partial charge in [0.1, 0.15) is 0 Å². The highest BCUT2D eigenvalue weighted by atomic mass is 16.2. The molecule has 142 valence electrons. The van der Waals surface area contributed by atoms with Crippen LogP contribution in [0.3, 0.4) is 0 Å². The van der Waals surface area contributed by atoms with E-state index >= 15 is 0 Å². The smallest absolute Gasteiger partial charge is 0.222 e. The van der Waals surface area contributed by atoms with Gasteiger partial charge in [0.05, 0.1) is 0 Å². The van der Waals surface area contributed by atoms with Gasteiger partial charge >= 0.3 is 0 Å². The number of hydrogen-bond donors (Lipinski definition) is 2. The van der Waals surface area contributed by atoms with Crippen molar-refractivity contribution in [1.82, 2.24) is 10.6 Å². The average Bonchev–Trinajstić information content (AvgIpc) is 2.97. The lowest BCUT2D eigenvalue weighted by Gasteiger charge is -2.36. The monoisotopic (exact) mass is 364 g/mol. The van der Waals surface area contributed by atoms with E-state index in [2.05, 4.69) is 59.2 Å². The first kappa shape index (κ1) is 19.2. The molecule has 2 N–H and O–H groups in total. The molecule has 4 heteroatoms. The Bertz CT molecular complexity index is 787. The van der Waals surface area contributed by atoms with Crippen LogP contribution in [0.2, 0.25) is 0 Å². The fraction of sp³-hybridized carbons (Fsp3) is 0.391. The van der Waals surface area contributed by atoms with Crippen LogP contribution < -0.4 is 10.6 Å². The number of fused-ring (bicyclic) bond motifs is 3. The lowest BCUT2D eigenvalue weighted by molar-refractivity contribution is -0.124. The summed E-state index contributed by atoms with van der Waals surface area (Å²) in [4.78, 5) is 24.7. The van der Waals surface area contributed by atoms with Crippen LogP contribution >= 0.6 is 0 Å². The number of carbonyl (C=O) groups excluding carboxylic acids is 2. The zero-order chi connectivity index (χ0) is 19.6. The Morgan fingerprint density at radius 3 is 1.52 bits per heavy atom. The third-order valence-electron chi connectivity index (χ3n) is 5.87. The molecule has 2 aromatic rings. The van der Waals surface area contributed by atoms with Gasteiger partial charge in [0, 0.05) is 31.3 Å². The van der Waals surface area contributed by atoms with E-state index in [-0.39, 0.29) is 29.1 Å². The Morgan fingerprint density at radius 2 is 1.15 bits per heavy atom. The SMILES string of the molecule is CNC(=O)C(C)CC1(CC(C)C(=O)NC)c2ccccc2-c2ccccc21. The molecule has 0 radical (unpaired) electrons. The van der Waals surface area contributed by atoms with E-state index in [1.54, 1.807) is 14.1 Å². The Labute approximate surface area is 161 Å². The number of rotatable bonds is 6. The van der Waals surface area contributed by atoms with E-state index in [1.165, 1.54) is 22.3 Å². The average molecular weight is 364 g/mol. The summed E-state index contributed by atoms with van der Waals surface area (Å²) in [6, 6.07) is 16.8. The van der Waals surface area contributed by atoms with Crippen LogP contribution in [0, 0.1) is 11.8 Å². The van der Waals surface area contributed by atoms with Gasteiger partial charge in [-0.05, 0) is 35.1 Å². The molecule has 27 heavy (non-hydrogen) atoms. The summed E-state index contributed by atoms with van der Waals surface area (Å²) in [5.74, 6) is -0.259. The molecule has 2 aromatic carbocycles. The van der Waals surface area contributed by atoms with Crippen LogP contribution in [0.4, 0.5) is 0 Å². The summed E-state index contributed by atoms with van der Waals surface area (Å²) in [6.45, 7) is 3.93. The molecule has 0 saturated carbocycles. The first-order valence-electron chi connectivity index (χ1n) is 9.57. The molecule has 0 bridgehead atoms. The van der Waals surface area contributed by atoms with E-state index in [0.29, 0.717) is 12.8 Å². The fourth-order valence-corrected chi connectivity index (χ4v) is 4.66. The zero-order valence-corrected chi connectivity index (χ0v) is 16.5. The van der Waals surface area contributed by atoms with Gasteiger partial charge in [-0.3, -0.25) is 9.59 Å². The van der Waals surface area contributed by atoms with Crippen LogP contribution in [-0.4, -0.2) is 25.9 Å². The molecule has 0 aliphatic heterocycles. The van der Waals surface area contributed by atoms with Gasteiger partial charge in [-0.15, -0.1) is 0 Å². The van der Waals surface area contributed by atoms with Crippen molar-refractivity contribution in [2.45, 2.75) is 32.1 Å². The summed E-state index contributed by atoms with van der Waals surface area (Å²) >= 11 is 0. The maximum absolute atomic E-state index is 12.4. The van der Waals surface area contributed by atoms with Crippen molar-refractivity contribution in [2.75, 3.05) is 14.1 Å². The van der Waals surface area contributed by atoms with E-state index in [1.807, 2.05) is 13.8 Å². The molecule has 2 atom stereocenters. The van der Waals surface area contributed by atoms with Crippen molar-refractivity contribution in [3.05, 3.63) is 59.7 Å². The molecule has 1 aliphatic rings. The summed E-state index contributed by atoms with van der Waals surface area (Å²) in [5, 5.41) is 5.55. The largest absolute Gasteiger partial charge is 0.359 e. The van der Waals surface area contributed by atoms with Crippen molar-refractivity contribution in [3.63, 3.8) is 0 Å². The molecule has 0 spiro atoms. The zero-order valence-electron chi connectivity index (χ0n) is 16.5. The molecule has 0 saturated heterocycles. The van der Waals surface area contributed by atoms with E-state index in [0.717, 1.165) is 0 Å². The highest BCUT2D eigenvalue weighted by Crippen LogP contribution is 2.54. The van der Waals surface area contributed by atoms with Gasteiger partial charge in [0.2, 0.25) is 11.8 Å². The van der Waals surface area contributed by atoms with Crippen LogP contribution in [0.15, 0.2) is 48.5 Å². The molecule has 2 unspecified atom stereocenters. The number of nitrogens with one attached hydrogen (secondary N) is 2. The fourth-order valence-electron chi connectivity index (χ4n) is 4.66. The molecule has 1 aliphatic carbocycles. The predicted molar refractivity (Wildman–Crippen MR) is 108 cm³/mol. The Kier molecular flexibility index (Phi) is 5.36. The first-order chi connectivity index (χ1) is 12.9. The van der Waals surface area contributed by atoms with E-state index in [9.17, 15) is 9.59 Å². The number of hydrogen-bond acceptors (Lipinski definition) is 2. The highest BCUT2D eigenvalue weighted by molar-refractivity contribution is 5.84. The van der Waals surface area contributed by atoms with Crippen molar-refractivity contribution >= 4 is 11.8 Å². The second-order valence-electron chi connectivity index (χ2n) is 7.61. The summed E-state index contributed by atoms with van der Waals surface area (Å²) in [7, 11) is 3.35. The minimum Gasteiger partial charge on any atom is -0.359 e. The summed E-state index contributed by atoms with van der Waals surface area (Å²) < 4.78 is 0. The van der Waals surface area contributed by atoms with Crippen LogP contribution in [-0.2, 0) is 15.0 Å². The third kappa shape index (κ3) is 3.25. The first-order valence-corrected chi connectivity index (χ1v) is 9.57. The molecular weight excluding hydrogens is 336 g/mol. The van der Waals surface area contributed by atoms with Crippen molar-refractivity contribution in [2.24, 2.45) is 11.8 Å². The van der Waals surface area contributed by atoms with Crippen molar-refractivity contribution in [3.8, 4) is 11.1 Å². The summed E-state index contributed by atoms with van der Waals surface area (Å²) in [6.07, 6.45) is 1.34. The number of carbonyl (C=O) groups is 2. The van der Waals surface area contributed by atoms with E-state index in [4.69, 9.17) is 0 Å². The van der Waals surface area contributed by atoms with Crippen molar-refractivity contribution in [1.29, 1.82) is 0 Å². The number of amides is 2. The van der Waals surface area contributed by atoms with E-state index < -0.39 is 0 Å². The number of benzene rings is 2. The van der Waals surface area contributed by atoms with Crippen LogP contribution in [0.5, 0.6) is 0 Å². The van der Waals surface area contributed by atoms with Gasteiger partial charge in [0.15, 0.2) is 0 Å². The molecule has 3 rings (SSSR count). The molecular formula is C23H28N2O2.